The zero-order chi connectivity index (χ0) is 15.9. The normalized spacial score (nSPS) is 14.3. The van der Waals surface area contributed by atoms with Gasteiger partial charge in [-0.3, -0.25) is 0 Å². The van der Waals surface area contributed by atoms with Crippen LogP contribution >= 0.6 is 22.6 Å². The molecule has 0 aromatic heterocycles. The van der Waals surface area contributed by atoms with Gasteiger partial charge >= 0.3 is 6.09 Å². The third-order valence-corrected chi connectivity index (χ3v) is 4.29. The van der Waals surface area contributed by atoms with E-state index in [4.69, 9.17) is 9.47 Å². The Kier molecular flexibility index (Phi) is 6.93. The van der Waals surface area contributed by atoms with Crippen molar-refractivity contribution in [1.82, 2.24) is 5.32 Å². The van der Waals surface area contributed by atoms with E-state index in [0.717, 1.165) is 9.99 Å². The topological polar surface area (TPSA) is 47.6 Å². The van der Waals surface area contributed by atoms with Gasteiger partial charge in [0.1, 0.15) is 5.60 Å². The van der Waals surface area contributed by atoms with Crippen LogP contribution in [-0.2, 0) is 15.1 Å². The number of carbonyl (C=O) groups excluding carboxylic acids is 1. The lowest BCUT2D eigenvalue weighted by Crippen LogP contribution is -2.36. The lowest BCUT2D eigenvalue weighted by atomic mass is 9.98. The van der Waals surface area contributed by atoms with Gasteiger partial charge in [0, 0.05) is 11.0 Å². The molecule has 0 aliphatic heterocycles. The van der Waals surface area contributed by atoms with E-state index in [1.807, 2.05) is 39.0 Å². The molecule has 1 aromatic carbocycles. The Morgan fingerprint density at radius 3 is 2.33 bits per heavy atom. The first-order valence-electron chi connectivity index (χ1n) is 6.99. The molecule has 1 atom stereocenters. The van der Waals surface area contributed by atoms with Crippen molar-refractivity contribution in [2.24, 2.45) is 0 Å². The van der Waals surface area contributed by atoms with Crippen molar-refractivity contribution in [3.63, 3.8) is 0 Å². The van der Waals surface area contributed by atoms with E-state index in [1.54, 1.807) is 0 Å². The van der Waals surface area contributed by atoms with Gasteiger partial charge in [-0.1, -0.05) is 52.9 Å². The second-order valence-electron chi connectivity index (χ2n) is 6.01. The van der Waals surface area contributed by atoms with Crippen molar-refractivity contribution < 1.29 is 14.3 Å². The number of hydrogen-bond acceptors (Lipinski definition) is 3. The molecule has 0 aliphatic carbocycles. The molecular formula is C16H24INO3. The van der Waals surface area contributed by atoms with Gasteiger partial charge in [0.15, 0.2) is 0 Å². The first-order chi connectivity index (χ1) is 9.77. The van der Waals surface area contributed by atoms with Crippen molar-refractivity contribution in [2.45, 2.75) is 38.9 Å². The number of hydrogen-bond donors (Lipinski definition) is 1. The SMILES string of the molecule is CC(C)(C)OC(=O)NCCOC(C)(CI)c1ccccc1. The fourth-order valence-electron chi connectivity index (χ4n) is 1.73. The van der Waals surface area contributed by atoms with Gasteiger partial charge in [0.2, 0.25) is 0 Å². The number of carbonyl (C=O) groups is 1. The predicted molar refractivity (Wildman–Crippen MR) is 92.9 cm³/mol. The number of benzene rings is 1. The highest BCUT2D eigenvalue weighted by Gasteiger charge is 2.26. The zero-order valence-electron chi connectivity index (χ0n) is 13.1. The first-order valence-corrected chi connectivity index (χ1v) is 8.52. The molecule has 0 bridgehead atoms. The molecule has 118 valence electrons. The van der Waals surface area contributed by atoms with Crippen LogP contribution in [0.2, 0.25) is 0 Å². The highest BCUT2D eigenvalue weighted by atomic mass is 127. The summed E-state index contributed by atoms with van der Waals surface area (Å²) >= 11 is 2.32. The summed E-state index contributed by atoms with van der Waals surface area (Å²) in [6.07, 6.45) is -0.415. The third-order valence-electron chi connectivity index (χ3n) is 2.83. The number of rotatable bonds is 6. The fraction of sp³-hybridized carbons (Fsp3) is 0.562. The minimum Gasteiger partial charge on any atom is -0.444 e. The molecule has 1 rings (SSSR count). The number of nitrogens with one attached hydrogen (secondary N) is 1. The molecule has 0 saturated carbocycles. The molecular weight excluding hydrogens is 381 g/mol. The lowest BCUT2D eigenvalue weighted by Gasteiger charge is -2.28. The van der Waals surface area contributed by atoms with E-state index < -0.39 is 11.7 Å². The smallest absolute Gasteiger partial charge is 0.407 e. The predicted octanol–water partition coefficient (Wildman–Crippen LogP) is 3.88. The van der Waals surface area contributed by atoms with Crippen LogP contribution in [0.5, 0.6) is 0 Å². The largest absolute Gasteiger partial charge is 0.444 e. The van der Waals surface area contributed by atoms with Crippen molar-refractivity contribution in [3.05, 3.63) is 35.9 Å². The monoisotopic (exact) mass is 405 g/mol. The number of amides is 1. The molecule has 0 fully saturated rings. The molecule has 1 aromatic rings. The summed E-state index contributed by atoms with van der Waals surface area (Å²) in [6, 6.07) is 10.1. The minimum absolute atomic E-state index is 0.350. The quantitative estimate of drug-likeness (QED) is 0.444. The van der Waals surface area contributed by atoms with Crippen LogP contribution in [0.15, 0.2) is 30.3 Å². The van der Waals surface area contributed by atoms with E-state index in [2.05, 4.69) is 47.0 Å². The van der Waals surface area contributed by atoms with Crippen LogP contribution in [-0.4, -0.2) is 29.3 Å². The molecule has 1 N–H and O–H groups in total. The van der Waals surface area contributed by atoms with Crippen LogP contribution in [0.25, 0.3) is 0 Å². The Labute approximate surface area is 140 Å². The maximum atomic E-state index is 11.5. The maximum absolute atomic E-state index is 11.5. The molecule has 5 heteroatoms. The fourth-order valence-corrected chi connectivity index (χ4v) is 2.39. The Morgan fingerprint density at radius 1 is 1.19 bits per heavy atom. The molecule has 1 amide bonds. The van der Waals surface area contributed by atoms with Crippen molar-refractivity contribution in [1.29, 1.82) is 0 Å². The summed E-state index contributed by atoms with van der Waals surface area (Å²) in [5.74, 6) is 0. The third kappa shape index (κ3) is 6.65. The maximum Gasteiger partial charge on any atom is 0.407 e. The highest BCUT2D eigenvalue weighted by Crippen LogP contribution is 2.27. The van der Waals surface area contributed by atoms with Crippen LogP contribution < -0.4 is 5.32 Å². The molecule has 0 spiro atoms. The molecule has 21 heavy (non-hydrogen) atoms. The molecule has 0 saturated heterocycles. The van der Waals surface area contributed by atoms with E-state index >= 15 is 0 Å². The molecule has 0 aliphatic rings. The first kappa shape index (κ1) is 18.2. The lowest BCUT2D eigenvalue weighted by molar-refractivity contribution is -0.0149. The number of alkyl carbamates (subject to hydrolysis) is 1. The van der Waals surface area contributed by atoms with Gasteiger partial charge in [-0.2, -0.15) is 0 Å². The average Bonchev–Trinajstić information content (AvgIpc) is 2.42. The molecule has 0 radical (unpaired) electrons. The highest BCUT2D eigenvalue weighted by molar-refractivity contribution is 14.1. The van der Waals surface area contributed by atoms with E-state index in [-0.39, 0.29) is 5.60 Å². The van der Waals surface area contributed by atoms with Crippen LogP contribution in [0.4, 0.5) is 4.79 Å². The van der Waals surface area contributed by atoms with Gasteiger partial charge in [0.05, 0.1) is 12.2 Å². The Morgan fingerprint density at radius 2 is 1.81 bits per heavy atom. The second-order valence-corrected chi connectivity index (χ2v) is 6.77. The van der Waals surface area contributed by atoms with Crippen molar-refractivity contribution in [3.8, 4) is 0 Å². The summed E-state index contributed by atoms with van der Waals surface area (Å²) in [5, 5.41) is 2.70. The van der Waals surface area contributed by atoms with Gasteiger partial charge in [-0.25, -0.2) is 4.79 Å². The number of alkyl halides is 1. The van der Waals surface area contributed by atoms with E-state index in [9.17, 15) is 4.79 Å². The van der Waals surface area contributed by atoms with Crippen LogP contribution in [0.3, 0.4) is 0 Å². The van der Waals surface area contributed by atoms with E-state index in [1.165, 1.54) is 0 Å². The Balaban J connectivity index is 2.42. The summed E-state index contributed by atoms with van der Waals surface area (Å²) in [4.78, 5) is 11.5. The second kappa shape index (κ2) is 7.98. The van der Waals surface area contributed by atoms with Gasteiger partial charge in [-0.15, -0.1) is 0 Å². The van der Waals surface area contributed by atoms with Crippen molar-refractivity contribution >= 4 is 28.7 Å². The molecule has 1 unspecified atom stereocenters. The average molecular weight is 405 g/mol. The number of ether oxygens (including phenoxy) is 2. The Hall–Kier alpha value is -0.820. The zero-order valence-corrected chi connectivity index (χ0v) is 15.3. The Bertz CT molecular complexity index is 445. The molecule has 0 heterocycles. The summed E-state index contributed by atoms with van der Waals surface area (Å²) in [5.41, 5.74) is 0.306. The summed E-state index contributed by atoms with van der Waals surface area (Å²) in [7, 11) is 0. The minimum atomic E-state index is -0.480. The standard InChI is InChI=1S/C16H24INO3/c1-15(2,3)21-14(19)18-10-11-20-16(4,12-17)13-8-6-5-7-9-13/h5-9H,10-12H2,1-4H3,(H,18,19). The van der Waals surface area contributed by atoms with Gasteiger partial charge < -0.3 is 14.8 Å². The van der Waals surface area contributed by atoms with Crippen molar-refractivity contribution in [2.75, 3.05) is 17.6 Å². The summed E-state index contributed by atoms with van der Waals surface area (Å²) < 4.78 is 12.0. The molecule has 4 nitrogen and oxygen atoms in total. The van der Waals surface area contributed by atoms with Crippen LogP contribution in [0.1, 0.15) is 33.3 Å². The number of halogens is 1. The summed E-state index contributed by atoms with van der Waals surface area (Å²) in [6.45, 7) is 8.44. The van der Waals surface area contributed by atoms with Gasteiger partial charge in [-0.05, 0) is 33.3 Å². The van der Waals surface area contributed by atoms with Gasteiger partial charge in [0.25, 0.3) is 0 Å². The van der Waals surface area contributed by atoms with E-state index in [0.29, 0.717) is 13.2 Å². The van der Waals surface area contributed by atoms with Crippen LogP contribution in [0, 0.1) is 0 Å².